The number of carbonyl (C=O) groups excluding carboxylic acids is 1. The normalized spacial score (nSPS) is 24.0. The van der Waals surface area contributed by atoms with Crippen LogP contribution in [0.25, 0.3) is 0 Å². The minimum Gasteiger partial charge on any atom is -0.391 e. The summed E-state index contributed by atoms with van der Waals surface area (Å²) in [5.74, 6) is 0.141. The second-order valence-corrected chi connectivity index (χ2v) is 4.55. The average molecular weight is 233 g/mol. The maximum atomic E-state index is 11.8. The first-order valence-corrected chi connectivity index (χ1v) is 6.24. The molecule has 1 amide bonds. The zero-order valence-corrected chi connectivity index (χ0v) is 10.2. The van der Waals surface area contributed by atoms with Crippen LogP contribution in [0, 0.1) is 0 Å². The number of aliphatic hydroxyl groups excluding tert-OH is 1. The molecule has 2 rings (SSSR count). The number of aliphatic hydroxyl groups is 1. The number of likely N-dealkylation sites (tertiary alicyclic amines) is 1. The summed E-state index contributed by atoms with van der Waals surface area (Å²) in [6.45, 7) is 2.55. The maximum absolute atomic E-state index is 11.8. The molecule has 1 N–H and O–H groups in total. The Labute approximate surface area is 102 Å². The Kier molecular flexibility index (Phi) is 3.79. The van der Waals surface area contributed by atoms with Crippen LogP contribution < -0.4 is 0 Å². The summed E-state index contributed by atoms with van der Waals surface area (Å²) in [6.07, 6.45) is 1.57. The summed E-state index contributed by atoms with van der Waals surface area (Å²) in [5, 5.41) is 9.97. The molecule has 1 aromatic carbocycles. The molecule has 0 aliphatic carbocycles. The molecule has 0 bridgehead atoms. The summed E-state index contributed by atoms with van der Waals surface area (Å²) in [5.41, 5.74) is 1.17. The van der Waals surface area contributed by atoms with Crippen LogP contribution in [0.4, 0.5) is 0 Å². The first-order chi connectivity index (χ1) is 8.22. The Morgan fingerprint density at radius 1 is 1.41 bits per heavy atom. The monoisotopic (exact) mass is 233 g/mol. The van der Waals surface area contributed by atoms with Crippen LogP contribution in [0.5, 0.6) is 0 Å². The van der Waals surface area contributed by atoms with Crippen molar-refractivity contribution in [3.63, 3.8) is 0 Å². The van der Waals surface area contributed by atoms with Gasteiger partial charge in [-0.05, 0) is 18.4 Å². The SMILES string of the molecule is CCC(=O)N1CC[C@H](O)[C@@H]1Cc1ccccc1. The molecule has 0 unspecified atom stereocenters. The molecule has 0 aromatic heterocycles. The van der Waals surface area contributed by atoms with Gasteiger partial charge in [-0.1, -0.05) is 37.3 Å². The van der Waals surface area contributed by atoms with Crippen molar-refractivity contribution in [2.75, 3.05) is 6.54 Å². The van der Waals surface area contributed by atoms with E-state index in [0.29, 0.717) is 19.4 Å². The molecule has 1 fully saturated rings. The van der Waals surface area contributed by atoms with Crippen LogP contribution in [0.2, 0.25) is 0 Å². The molecule has 1 heterocycles. The lowest BCUT2D eigenvalue weighted by Crippen LogP contribution is -2.40. The molecule has 2 atom stereocenters. The minimum absolute atomic E-state index is 0.0511. The second kappa shape index (κ2) is 5.32. The summed E-state index contributed by atoms with van der Waals surface area (Å²) in [7, 11) is 0. The molecule has 1 aliphatic heterocycles. The Morgan fingerprint density at radius 3 is 2.76 bits per heavy atom. The molecule has 1 aromatic rings. The highest BCUT2D eigenvalue weighted by atomic mass is 16.3. The van der Waals surface area contributed by atoms with E-state index >= 15 is 0 Å². The third-order valence-corrected chi connectivity index (χ3v) is 3.42. The molecule has 1 saturated heterocycles. The number of amides is 1. The van der Waals surface area contributed by atoms with Gasteiger partial charge in [-0.2, -0.15) is 0 Å². The van der Waals surface area contributed by atoms with Gasteiger partial charge >= 0.3 is 0 Å². The van der Waals surface area contributed by atoms with Gasteiger partial charge in [0, 0.05) is 13.0 Å². The topological polar surface area (TPSA) is 40.5 Å². The fraction of sp³-hybridized carbons (Fsp3) is 0.500. The van der Waals surface area contributed by atoms with E-state index < -0.39 is 0 Å². The summed E-state index contributed by atoms with van der Waals surface area (Å²) < 4.78 is 0. The molecule has 92 valence electrons. The summed E-state index contributed by atoms with van der Waals surface area (Å²) >= 11 is 0. The van der Waals surface area contributed by atoms with Gasteiger partial charge in [0.25, 0.3) is 0 Å². The lowest BCUT2D eigenvalue weighted by Gasteiger charge is -2.26. The fourth-order valence-corrected chi connectivity index (χ4v) is 2.45. The van der Waals surface area contributed by atoms with E-state index in [0.717, 1.165) is 6.42 Å². The molecule has 0 saturated carbocycles. The smallest absolute Gasteiger partial charge is 0.222 e. The molecule has 0 spiro atoms. The number of rotatable bonds is 3. The van der Waals surface area contributed by atoms with Crippen LogP contribution in [-0.2, 0) is 11.2 Å². The Bertz CT molecular complexity index is 377. The molecule has 1 aliphatic rings. The van der Waals surface area contributed by atoms with Crippen molar-refractivity contribution in [3.8, 4) is 0 Å². The van der Waals surface area contributed by atoms with Crippen molar-refractivity contribution in [1.82, 2.24) is 4.90 Å². The van der Waals surface area contributed by atoms with Crippen LogP contribution in [0.1, 0.15) is 25.3 Å². The Morgan fingerprint density at radius 2 is 2.12 bits per heavy atom. The van der Waals surface area contributed by atoms with E-state index in [4.69, 9.17) is 0 Å². The summed E-state index contributed by atoms with van der Waals surface area (Å²) in [6, 6.07) is 9.98. The van der Waals surface area contributed by atoms with Crippen LogP contribution in [0.15, 0.2) is 30.3 Å². The number of carbonyl (C=O) groups is 1. The van der Waals surface area contributed by atoms with Crippen molar-refractivity contribution in [1.29, 1.82) is 0 Å². The van der Waals surface area contributed by atoms with E-state index in [2.05, 4.69) is 0 Å². The predicted molar refractivity (Wildman–Crippen MR) is 66.6 cm³/mol. The van der Waals surface area contributed by atoms with E-state index in [1.165, 1.54) is 5.56 Å². The maximum Gasteiger partial charge on any atom is 0.222 e. The Balaban J connectivity index is 2.09. The number of hydrogen-bond acceptors (Lipinski definition) is 2. The van der Waals surface area contributed by atoms with Crippen LogP contribution in [-0.4, -0.2) is 34.6 Å². The zero-order chi connectivity index (χ0) is 12.3. The Hall–Kier alpha value is -1.35. The van der Waals surface area contributed by atoms with E-state index in [1.807, 2.05) is 42.2 Å². The molecular formula is C14H19NO2. The summed E-state index contributed by atoms with van der Waals surface area (Å²) in [4.78, 5) is 13.6. The van der Waals surface area contributed by atoms with Crippen molar-refractivity contribution in [2.24, 2.45) is 0 Å². The highest BCUT2D eigenvalue weighted by Gasteiger charge is 2.34. The van der Waals surface area contributed by atoms with Crippen molar-refractivity contribution in [2.45, 2.75) is 38.3 Å². The minimum atomic E-state index is -0.384. The van der Waals surface area contributed by atoms with Gasteiger partial charge in [-0.15, -0.1) is 0 Å². The first kappa shape index (κ1) is 12.1. The van der Waals surface area contributed by atoms with Gasteiger partial charge in [0.1, 0.15) is 0 Å². The first-order valence-electron chi connectivity index (χ1n) is 6.24. The van der Waals surface area contributed by atoms with Gasteiger partial charge in [-0.25, -0.2) is 0 Å². The average Bonchev–Trinajstić information content (AvgIpc) is 2.72. The van der Waals surface area contributed by atoms with Gasteiger partial charge in [0.2, 0.25) is 5.91 Å². The quantitative estimate of drug-likeness (QED) is 0.861. The van der Waals surface area contributed by atoms with Gasteiger partial charge in [-0.3, -0.25) is 4.79 Å². The molecule has 0 radical (unpaired) electrons. The largest absolute Gasteiger partial charge is 0.391 e. The number of benzene rings is 1. The number of nitrogens with zero attached hydrogens (tertiary/aromatic N) is 1. The van der Waals surface area contributed by atoms with Gasteiger partial charge < -0.3 is 10.0 Å². The van der Waals surface area contributed by atoms with E-state index in [1.54, 1.807) is 0 Å². The van der Waals surface area contributed by atoms with E-state index in [-0.39, 0.29) is 18.1 Å². The van der Waals surface area contributed by atoms with Gasteiger partial charge in [0.15, 0.2) is 0 Å². The van der Waals surface area contributed by atoms with Crippen LogP contribution >= 0.6 is 0 Å². The standard InChI is InChI=1S/C14H19NO2/c1-2-14(17)15-9-8-13(16)12(15)10-11-6-4-3-5-7-11/h3-7,12-13,16H,2,8-10H2,1H3/t12-,13-/m0/s1. The highest BCUT2D eigenvalue weighted by molar-refractivity contribution is 5.76. The molecule has 17 heavy (non-hydrogen) atoms. The van der Waals surface area contributed by atoms with Gasteiger partial charge in [0.05, 0.1) is 12.1 Å². The highest BCUT2D eigenvalue weighted by Crippen LogP contribution is 2.22. The third kappa shape index (κ3) is 2.67. The molecular weight excluding hydrogens is 214 g/mol. The van der Waals surface area contributed by atoms with Crippen molar-refractivity contribution >= 4 is 5.91 Å². The van der Waals surface area contributed by atoms with Crippen molar-refractivity contribution in [3.05, 3.63) is 35.9 Å². The lowest BCUT2D eigenvalue weighted by atomic mass is 10.0. The van der Waals surface area contributed by atoms with Crippen LogP contribution in [0.3, 0.4) is 0 Å². The zero-order valence-electron chi connectivity index (χ0n) is 10.2. The van der Waals surface area contributed by atoms with E-state index in [9.17, 15) is 9.90 Å². The predicted octanol–water partition coefficient (Wildman–Crippen LogP) is 1.60. The molecule has 3 heteroatoms. The van der Waals surface area contributed by atoms with Crippen molar-refractivity contribution < 1.29 is 9.90 Å². The number of hydrogen-bond donors (Lipinski definition) is 1. The lowest BCUT2D eigenvalue weighted by molar-refractivity contribution is -0.132. The third-order valence-electron chi connectivity index (χ3n) is 3.42. The molecule has 3 nitrogen and oxygen atoms in total. The second-order valence-electron chi connectivity index (χ2n) is 4.55. The fourth-order valence-electron chi connectivity index (χ4n) is 2.45.